The summed E-state index contributed by atoms with van der Waals surface area (Å²) in [6.07, 6.45) is 11.3. The highest BCUT2D eigenvalue weighted by Gasteiger charge is 2.43. The second-order valence-electron chi connectivity index (χ2n) is 31.0. The van der Waals surface area contributed by atoms with Gasteiger partial charge in [-0.1, -0.05) is 90.8 Å². The number of aliphatic hydroxyl groups excluding tert-OH is 8. The fourth-order valence-electron chi connectivity index (χ4n) is 16.0. The first-order valence-electron chi connectivity index (χ1n) is 37.7. The minimum absolute atomic E-state index is 0.0231. The molecule has 4 saturated heterocycles. The van der Waals surface area contributed by atoms with Crippen LogP contribution in [0, 0.1) is 47.3 Å². The van der Waals surface area contributed by atoms with Crippen molar-refractivity contribution in [2.24, 2.45) is 47.3 Å². The zero-order valence-corrected chi connectivity index (χ0v) is 62.8. The van der Waals surface area contributed by atoms with E-state index in [9.17, 15) is 50.4 Å². The van der Waals surface area contributed by atoms with Gasteiger partial charge in [-0.3, -0.25) is 0 Å². The molecule has 0 aromatic heterocycles. The molecule has 4 bridgehead atoms. The number of cyclic esters (lactones) is 2. The summed E-state index contributed by atoms with van der Waals surface area (Å²) in [6, 6.07) is 0. The van der Waals surface area contributed by atoms with E-state index in [1.807, 2.05) is 81.4 Å². The Bertz CT molecular complexity index is 2230. The molecule has 0 spiro atoms. The first-order chi connectivity index (χ1) is 46.4. The molecule has 4 fully saturated rings. The molecule has 0 radical (unpaired) electrons. The number of fused-ring (bicyclic) bond motifs is 4. The van der Waals surface area contributed by atoms with E-state index in [0.717, 1.165) is 64.2 Å². The summed E-state index contributed by atoms with van der Waals surface area (Å²) in [6.45, 7) is 22.7. The van der Waals surface area contributed by atoms with Gasteiger partial charge in [0.2, 0.25) is 0 Å². The molecule has 5 rings (SSSR count). The van der Waals surface area contributed by atoms with Gasteiger partial charge in [0.15, 0.2) is 0 Å². The number of esters is 2. The van der Waals surface area contributed by atoms with E-state index in [1.165, 1.54) is 12.2 Å². The Morgan fingerprint density at radius 1 is 0.439 bits per heavy atom. The highest BCUT2D eigenvalue weighted by molar-refractivity contribution is 5.83. The SMILES string of the molecule is COC1CC(C)OC(CCC(C)C(O)C(C)C2OC(=O)C=CC(C)=CCC(O)CC3CCCC(CC(OC)C(C)C(O)CC(O)C(C)C(C(C)C(O)C(C)CCC4CC(OC)CC(C)O4)OC(=O)C=CC(C)=CCC(O)CC4CCCC(CC(OC)C(C)C(O)CC(O)C2C)O4)O3)C1. The molecular weight excluding hydrogens is 1260 g/mol. The Kier molecular flexibility index (Phi) is 38.1. The van der Waals surface area contributed by atoms with E-state index in [1.54, 1.807) is 54.4 Å². The van der Waals surface area contributed by atoms with Crippen molar-refractivity contribution in [2.75, 3.05) is 28.4 Å². The van der Waals surface area contributed by atoms with Crippen LogP contribution in [0.1, 0.15) is 224 Å². The van der Waals surface area contributed by atoms with Crippen molar-refractivity contribution < 1.29 is 97.8 Å². The Hall–Kier alpha value is -2.74. The predicted octanol–water partition coefficient (Wildman–Crippen LogP) is 10.6. The van der Waals surface area contributed by atoms with Gasteiger partial charge in [0, 0.05) is 88.9 Å². The summed E-state index contributed by atoms with van der Waals surface area (Å²) < 4.78 is 61.6. The van der Waals surface area contributed by atoms with Crippen molar-refractivity contribution in [3.63, 3.8) is 0 Å². The van der Waals surface area contributed by atoms with Crippen LogP contribution in [0.4, 0.5) is 0 Å². The summed E-state index contributed by atoms with van der Waals surface area (Å²) in [5.74, 6) is -5.35. The number of methoxy groups -OCH3 is 4. The highest BCUT2D eigenvalue weighted by Crippen LogP contribution is 2.37. The summed E-state index contributed by atoms with van der Waals surface area (Å²) in [7, 11) is 6.63. The van der Waals surface area contributed by atoms with Gasteiger partial charge in [-0.15, -0.1) is 0 Å². The van der Waals surface area contributed by atoms with Gasteiger partial charge in [0.25, 0.3) is 0 Å². The van der Waals surface area contributed by atoms with Gasteiger partial charge >= 0.3 is 11.9 Å². The smallest absolute Gasteiger partial charge is 0.331 e. The lowest BCUT2D eigenvalue weighted by Crippen LogP contribution is -2.45. The maximum atomic E-state index is 13.9. The summed E-state index contributed by atoms with van der Waals surface area (Å²) in [4.78, 5) is 27.8. The van der Waals surface area contributed by atoms with E-state index in [-0.39, 0.29) is 85.7 Å². The zero-order chi connectivity index (χ0) is 72.5. The van der Waals surface area contributed by atoms with Crippen LogP contribution in [-0.2, 0) is 57.0 Å². The molecule has 0 aliphatic carbocycles. The number of carbonyl (C=O) groups is 2. The average Bonchev–Trinajstić information content (AvgIpc) is 0.846. The maximum absolute atomic E-state index is 13.9. The predicted molar refractivity (Wildman–Crippen MR) is 378 cm³/mol. The van der Waals surface area contributed by atoms with Crippen LogP contribution >= 0.6 is 0 Å². The van der Waals surface area contributed by atoms with Crippen LogP contribution in [0.5, 0.6) is 0 Å². The van der Waals surface area contributed by atoms with Crippen LogP contribution in [0.15, 0.2) is 47.6 Å². The number of rotatable bonds is 16. The number of ether oxygens (including phenoxy) is 10. The van der Waals surface area contributed by atoms with E-state index < -0.39 is 121 Å². The van der Waals surface area contributed by atoms with Crippen molar-refractivity contribution in [3.05, 3.63) is 47.6 Å². The van der Waals surface area contributed by atoms with Crippen LogP contribution in [0.2, 0.25) is 0 Å². The molecule has 0 amide bonds. The number of allylic oxidation sites excluding steroid dienone is 4. The molecule has 0 aromatic rings. The topological polar surface area (TPSA) is 288 Å². The largest absolute Gasteiger partial charge is 0.458 e. The Balaban J connectivity index is 1.36. The minimum Gasteiger partial charge on any atom is -0.458 e. The zero-order valence-electron chi connectivity index (χ0n) is 62.8. The first-order valence-corrected chi connectivity index (χ1v) is 37.7. The number of hydrogen-bond acceptors (Lipinski definition) is 20. The minimum atomic E-state index is -1.15. The molecule has 30 unspecified atom stereocenters. The lowest BCUT2D eigenvalue weighted by Gasteiger charge is -2.38. The van der Waals surface area contributed by atoms with Crippen molar-refractivity contribution in [2.45, 2.75) is 359 Å². The lowest BCUT2D eigenvalue weighted by atomic mass is 9.78. The molecule has 5 aliphatic rings. The van der Waals surface area contributed by atoms with Gasteiger partial charge in [-0.2, -0.15) is 0 Å². The Labute approximate surface area is 589 Å². The molecule has 5 heterocycles. The third-order valence-electron chi connectivity index (χ3n) is 23.0. The normalized spacial score (nSPS) is 39.7. The van der Waals surface area contributed by atoms with Crippen LogP contribution < -0.4 is 0 Å². The fraction of sp³-hybridized carbons (Fsp3) is 0.872. The average molecular weight is 1390 g/mol. The van der Waals surface area contributed by atoms with Gasteiger partial charge in [0.05, 0.1) is 122 Å². The molecular formula is C78H136O20. The van der Waals surface area contributed by atoms with E-state index in [0.29, 0.717) is 75.4 Å². The lowest BCUT2D eigenvalue weighted by molar-refractivity contribution is -0.159. The fourth-order valence-corrected chi connectivity index (χ4v) is 16.0. The molecule has 0 saturated carbocycles. The molecule has 5 aliphatic heterocycles. The van der Waals surface area contributed by atoms with Crippen LogP contribution in [0.25, 0.3) is 0 Å². The highest BCUT2D eigenvalue weighted by atomic mass is 16.6. The van der Waals surface area contributed by atoms with E-state index in [2.05, 4.69) is 0 Å². The second-order valence-corrected chi connectivity index (χ2v) is 31.0. The van der Waals surface area contributed by atoms with Crippen LogP contribution in [0.3, 0.4) is 0 Å². The maximum Gasteiger partial charge on any atom is 0.331 e. The number of hydrogen-bond donors (Lipinski definition) is 8. The van der Waals surface area contributed by atoms with E-state index >= 15 is 0 Å². The third-order valence-corrected chi connectivity index (χ3v) is 23.0. The first kappa shape index (κ1) is 85.9. The van der Waals surface area contributed by atoms with Gasteiger partial charge < -0.3 is 88.2 Å². The quantitative estimate of drug-likeness (QED) is 0.0667. The molecule has 0 aromatic carbocycles. The van der Waals surface area contributed by atoms with Gasteiger partial charge in [-0.05, 0) is 168 Å². The summed E-state index contributed by atoms with van der Waals surface area (Å²) >= 11 is 0. The molecule has 30 atom stereocenters. The molecule has 20 nitrogen and oxygen atoms in total. The second kappa shape index (κ2) is 43.5. The van der Waals surface area contributed by atoms with Crippen LogP contribution in [-0.4, -0.2) is 216 Å². The third kappa shape index (κ3) is 28.4. The Morgan fingerprint density at radius 3 is 1.11 bits per heavy atom. The van der Waals surface area contributed by atoms with Crippen molar-refractivity contribution in [1.29, 1.82) is 0 Å². The molecule has 98 heavy (non-hydrogen) atoms. The summed E-state index contributed by atoms with van der Waals surface area (Å²) in [5, 5.41) is 94.6. The summed E-state index contributed by atoms with van der Waals surface area (Å²) in [5.41, 5.74) is 1.43. The molecule has 8 N–H and O–H groups in total. The van der Waals surface area contributed by atoms with Crippen molar-refractivity contribution >= 4 is 11.9 Å². The molecule has 20 heteroatoms. The van der Waals surface area contributed by atoms with Gasteiger partial charge in [0.1, 0.15) is 12.2 Å². The van der Waals surface area contributed by atoms with Gasteiger partial charge in [-0.25, -0.2) is 9.59 Å². The van der Waals surface area contributed by atoms with E-state index in [4.69, 9.17) is 47.4 Å². The van der Waals surface area contributed by atoms with Crippen molar-refractivity contribution in [3.8, 4) is 0 Å². The monoisotopic (exact) mass is 1390 g/mol. The Morgan fingerprint density at radius 2 is 0.776 bits per heavy atom. The number of carbonyl (C=O) groups excluding carboxylic acids is 2. The van der Waals surface area contributed by atoms with Crippen molar-refractivity contribution in [1.82, 2.24) is 0 Å². The number of aliphatic hydroxyl groups is 8. The standard InChI is InChI=1S/C78H136O20/c1-45-23-29-57(79)37-59-19-17-21-61(95-59)41-71(91-15)52(8)68(82)44-70(84)54(10)78(56(12)76(88)48(4)28-32-64-40-66(90-14)36-50(6)94-64)98-74(86)34-26-46(2)24-30-58(80)38-60-20-18-22-62(96-60)42-72(92-16)51(7)67(81)43-69(83)53(9)77(97-73(85)33-25-45)55(11)75(87)47(3)27-31-63-39-65(89-13)35-49(5)93-63/h23-26,33-34,47-72,75-84,87-88H,17-22,27-32,35-44H2,1-16H3. The molecule has 568 valence electrons.